The Bertz CT molecular complexity index is 1490. The number of phenols is 1. The van der Waals surface area contributed by atoms with Crippen LogP contribution in [-0.2, 0) is 0 Å². The molecule has 196 valence electrons. The molecule has 7 nitrogen and oxygen atoms in total. The number of benzene rings is 3. The molecule has 7 heteroatoms. The second-order valence-electron chi connectivity index (χ2n) is 10.00. The molecule has 0 radical (unpaired) electrons. The Morgan fingerprint density at radius 1 is 1.16 bits per heavy atom. The molecular formula is C31H32N2O5. The second-order valence-corrected chi connectivity index (χ2v) is 10.00. The van der Waals surface area contributed by atoms with Crippen LogP contribution in [0, 0.1) is 11.8 Å². The number of hydrogen-bond acceptors (Lipinski definition) is 6. The molecule has 2 unspecified atom stereocenters. The summed E-state index contributed by atoms with van der Waals surface area (Å²) in [6.45, 7) is 6.07. The van der Waals surface area contributed by atoms with E-state index in [9.17, 15) is 15.0 Å². The van der Waals surface area contributed by atoms with Crippen molar-refractivity contribution in [2.75, 3.05) is 20.2 Å². The highest BCUT2D eigenvalue weighted by atomic mass is 16.5. The predicted molar refractivity (Wildman–Crippen MR) is 148 cm³/mol. The van der Waals surface area contributed by atoms with Crippen molar-refractivity contribution in [3.63, 3.8) is 0 Å². The fourth-order valence-corrected chi connectivity index (χ4v) is 5.84. The summed E-state index contributed by atoms with van der Waals surface area (Å²) in [5, 5.41) is 31.9. The van der Waals surface area contributed by atoms with E-state index in [1.54, 1.807) is 19.4 Å². The lowest BCUT2D eigenvalue weighted by molar-refractivity contribution is -0.0444. The molecule has 5 atom stereocenters. The van der Waals surface area contributed by atoms with Crippen molar-refractivity contribution in [1.29, 1.82) is 0 Å². The summed E-state index contributed by atoms with van der Waals surface area (Å²) >= 11 is 0. The van der Waals surface area contributed by atoms with Crippen LogP contribution in [0.2, 0.25) is 0 Å². The van der Waals surface area contributed by atoms with Gasteiger partial charge in [0.15, 0.2) is 0 Å². The molecule has 4 heterocycles. The first-order valence-electron chi connectivity index (χ1n) is 12.8. The fourth-order valence-electron chi connectivity index (χ4n) is 5.84. The molecule has 3 saturated heterocycles. The highest BCUT2D eigenvalue weighted by Gasteiger charge is 2.42. The van der Waals surface area contributed by atoms with E-state index < -0.39 is 12.1 Å². The molecule has 2 bridgehead atoms. The summed E-state index contributed by atoms with van der Waals surface area (Å²) in [4.78, 5) is 17.6. The summed E-state index contributed by atoms with van der Waals surface area (Å²) in [5.74, 6) is 0.692. The third kappa shape index (κ3) is 4.95. The van der Waals surface area contributed by atoms with Gasteiger partial charge in [0.25, 0.3) is 0 Å². The number of nitrogens with zero attached hydrogens (tertiary/aromatic N) is 2. The lowest BCUT2D eigenvalue weighted by atomic mass is 9.73. The van der Waals surface area contributed by atoms with Crippen LogP contribution in [0.15, 0.2) is 79.5 Å². The average Bonchev–Trinajstić information content (AvgIpc) is 2.96. The SMILES string of the molecule is C=C[C@@H]1CN2CCC1C[C@H]2[C@@H](O)c1ccnc2ccc(OC)cc12.O=C(O)c1cc2ccccc2cc1O. The molecular weight excluding hydrogens is 480 g/mol. The van der Waals surface area contributed by atoms with Crippen molar-refractivity contribution in [2.24, 2.45) is 11.8 Å². The maximum absolute atomic E-state index is 11.2. The highest BCUT2D eigenvalue weighted by molar-refractivity contribution is 5.97. The molecule has 4 aromatic rings. The Morgan fingerprint density at radius 2 is 1.92 bits per heavy atom. The second kappa shape index (κ2) is 10.8. The van der Waals surface area contributed by atoms with Crippen molar-refractivity contribution in [2.45, 2.75) is 25.0 Å². The number of aliphatic hydroxyl groups is 1. The Morgan fingerprint density at radius 3 is 2.58 bits per heavy atom. The number of methoxy groups -OCH3 is 1. The Labute approximate surface area is 221 Å². The molecule has 7 rings (SSSR count). The number of aromatic hydroxyl groups is 1. The Kier molecular flexibility index (Phi) is 7.31. The van der Waals surface area contributed by atoms with E-state index in [-0.39, 0.29) is 17.4 Å². The van der Waals surface area contributed by atoms with Gasteiger partial charge in [-0.25, -0.2) is 4.79 Å². The van der Waals surface area contributed by atoms with Crippen LogP contribution >= 0.6 is 0 Å². The molecule has 38 heavy (non-hydrogen) atoms. The van der Waals surface area contributed by atoms with Crippen LogP contribution in [-0.4, -0.2) is 57.4 Å². The van der Waals surface area contributed by atoms with Gasteiger partial charge in [-0.05, 0) is 84.0 Å². The lowest BCUT2D eigenvalue weighted by Gasteiger charge is -2.50. The lowest BCUT2D eigenvalue weighted by Crippen LogP contribution is -2.54. The zero-order chi connectivity index (χ0) is 26.8. The third-order valence-corrected chi connectivity index (χ3v) is 7.91. The molecule has 3 aliphatic rings. The average molecular weight is 513 g/mol. The van der Waals surface area contributed by atoms with Crippen molar-refractivity contribution in [3.8, 4) is 11.5 Å². The standard InChI is InChI=1S/C20H24N2O2.C11H8O3/c1-3-13-12-22-9-7-14(13)10-19(22)20(23)16-6-8-21-18-5-4-15(24-2)11-17(16)18;12-10-6-8-4-2-1-3-7(8)5-9(10)11(13)14/h3-6,8,11,13-14,19-20,23H,1,7,9-10,12H2,2H3;1-6,12H,(H,13,14)/t13-,14?,19+,20+;/m1./s1. The normalized spacial score (nSPS) is 22.9. The molecule has 3 aliphatic heterocycles. The van der Waals surface area contributed by atoms with E-state index in [1.807, 2.05) is 42.5 Å². The van der Waals surface area contributed by atoms with Crippen molar-refractivity contribution >= 4 is 27.6 Å². The minimum atomic E-state index is -1.12. The zero-order valence-corrected chi connectivity index (χ0v) is 21.3. The number of carbonyl (C=O) groups is 1. The first-order valence-corrected chi connectivity index (χ1v) is 12.8. The van der Waals surface area contributed by atoms with Gasteiger partial charge in [0.1, 0.15) is 17.1 Å². The number of piperidine rings is 3. The molecule has 0 amide bonds. The maximum Gasteiger partial charge on any atom is 0.339 e. The van der Waals surface area contributed by atoms with Gasteiger partial charge in [-0.3, -0.25) is 9.88 Å². The van der Waals surface area contributed by atoms with Gasteiger partial charge in [0.05, 0.1) is 18.7 Å². The largest absolute Gasteiger partial charge is 0.507 e. The van der Waals surface area contributed by atoms with E-state index in [0.29, 0.717) is 11.8 Å². The van der Waals surface area contributed by atoms with Crippen molar-refractivity contribution in [1.82, 2.24) is 9.88 Å². The van der Waals surface area contributed by atoms with Crippen LogP contribution in [0.3, 0.4) is 0 Å². The van der Waals surface area contributed by atoms with Crippen LogP contribution < -0.4 is 4.74 Å². The van der Waals surface area contributed by atoms with Crippen LogP contribution in [0.5, 0.6) is 11.5 Å². The van der Waals surface area contributed by atoms with E-state index in [1.165, 1.54) is 18.6 Å². The summed E-state index contributed by atoms with van der Waals surface area (Å²) in [7, 11) is 1.66. The molecule has 0 aliphatic carbocycles. The number of aromatic nitrogens is 1. The van der Waals surface area contributed by atoms with Crippen molar-refractivity contribution in [3.05, 3.63) is 90.6 Å². The number of pyridine rings is 1. The zero-order valence-electron chi connectivity index (χ0n) is 21.3. The molecule has 3 aromatic carbocycles. The van der Waals surface area contributed by atoms with Gasteiger partial charge < -0.3 is 20.1 Å². The van der Waals surface area contributed by atoms with Crippen LogP contribution in [0.25, 0.3) is 21.7 Å². The van der Waals surface area contributed by atoms with Gasteiger partial charge in [-0.2, -0.15) is 0 Å². The van der Waals surface area contributed by atoms with E-state index in [0.717, 1.165) is 52.5 Å². The molecule has 0 saturated carbocycles. The summed E-state index contributed by atoms with van der Waals surface area (Å²) in [6.07, 6.45) is 5.62. The minimum Gasteiger partial charge on any atom is -0.507 e. The number of aliphatic hydroxyl groups excluding tert-OH is 1. The predicted octanol–water partition coefficient (Wildman–Crippen LogP) is 5.42. The first-order chi connectivity index (χ1) is 18.4. The van der Waals surface area contributed by atoms with E-state index in [2.05, 4.69) is 22.5 Å². The summed E-state index contributed by atoms with van der Waals surface area (Å²) < 4.78 is 5.35. The smallest absolute Gasteiger partial charge is 0.339 e. The minimum absolute atomic E-state index is 0.0660. The van der Waals surface area contributed by atoms with Gasteiger partial charge in [-0.15, -0.1) is 6.58 Å². The quantitative estimate of drug-likeness (QED) is 0.307. The van der Waals surface area contributed by atoms with Crippen LogP contribution in [0.4, 0.5) is 0 Å². The number of aromatic carboxylic acids is 1. The third-order valence-electron chi connectivity index (χ3n) is 7.91. The molecule has 1 aromatic heterocycles. The Balaban J connectivity index is 0.000000179. The number of carboxylic acids is 1. The summed E-state index contributed by atoms with van der Waals surface area (Å²) in [5.41, 5.74) is 1.78. The molecule has 3 N–H and O–H groups in total. The number of carboxylic acid groups (broad SMARTS) is 1. The van der Waals surface area contributed by atoms with Gasteiger partial charge in [0, 0.05) is 24.2 Å². The Hall–Kier alpha value is -3.94. The maximum atomic E-state index is 11.2. The van der Waals surface area contributed by atoms with Crippen LogP contribution in [0.1, 0.15) is 34.9 Å². The molecule has 3 fully saturated rings. The first kappa shape index (κ1) is 25.7. The number of rotatable bonds is 5. The van der Waals surface area contributed by atoms with Gasteiger partial charge in [0.2, 0.25) is 0 Å². The van der Waals surface area contributed by atoms with Gasteiger partial charge >= 0.3 is 5.97 Å². The fraction of sp³-hybridized carbons (Fsp3) is 0.290. The van der Waals surface area contributed by atoms with Gasteiger partial charge in [-0.1, -0.05) is 30.3 Å². The number of hydrogen-bond donors (Lipinski definition) is 3. The highest BCUT2D eigenvalue weighted by Crippen LogP contribution is 2.42. The van der Waals surface area contributed by atoms with E-state index >= 15 is 0 Å². The van der Waals surface area contributed by atoms with E-state index in [4.69, 9.17) is 9.84 Å². The van der Waals surface area contributed by atoms with Crippen molar-refractivity contribution < 1.29 is 24.9 Å². The number of fused-ring (bicyclic) bond motifs is 5. The monoisotopic (exact) mass is 512 g/mol. The molecule has 0 spiro atoms. The topological polar surface area (TPSA) is 103 Å². The number of ether oxygens (including phenoxy) is 1. The summed E-state index contributed by atoms with van der Waals surface area (Å²) in [6, 6.07) is 18.2.